The second-order valence-corrected chi connectivity index (χ2v) is 3.50. The first-order chi connectivity index (χ1) is 7.96. The molecule has 0 aliphatic carbocycles. The van der Waals surface area contributed by atoms with Crippen molar-refractivity contribution >= 4 is 5.91 Å². The minimum atomic E-state index is -4.64. The van der Waals surface area contributed by atoms with Crippen LogP contribution in [0.3, 0.4) is 0 Å². The first-order valence-corrected chi connectivity index (χ1v) is 4.69. The molecule has 0 aliphatic rings. The number of halogens is 7. The number of hydrogen-bond donors (Lipinski definition) is 2. The molecule has 0 rings (SSSR count). The zero-order valence-corrected chi connectivity index (χ0v) is 9.12. The highest BCUT2D eigenvalue weighted by atomic mass is 19.4. The van der Waals surface area contributed by atoms with Gasteiger partial charge in [-0.25, -0.2) is 8.78 Å². The molecule has 2 N–H and O–H groups in total. The Kier molecular flexibility index (Phi) is 5.84. The minimum absolute atomic E-state index is 0.979. The quantitative estimate of drug-likeness (QED) is 0.726. The second kappa shape index (κ2) is 6.21. The summed E-state index contributed by atoms with van der Waals surface area (Å²) >= 11 is 0. The SMILES string of the molecule is CC(NCC(F)(F)C(F)F)C(=O)NCC(F)(F)F. The zero-order chi connectivity index (χ0) is 14.6. The van der Waals surface area contributed by atoms with E-state index in [1.54, 1.807) is 5.32 Å². The first kappa shape index (κ1) is 16.9. The third-order valence-electron chi connectivity index (χ3n) is 1.82. The van der Waals surface area contributed by atoms with E-state index in [4.69, 9.17) is 0 Å². The van der Waals surface area contributed by atoms with Crippen LogP contribution in [-0.4, -0.2) is 43.6 Å². The van der Waals surface area contributed by atoms with Gasteiger partial charge in [0.25, 0.3) is 0 Å². The van der Waals surface area contributed by atoms with Crippen LogP contribution in [0.25, 0.3) is 0 Å². The van der Waals surface area contributed by atoms with E-state index in [0.717, 1.165) is 6.92 Å². The van der Waals surface area contributed by atoms with Crippen LogP contribution in [0.5, 0.6) is 0 Å². The predicted molar refractivity (Wildman–Crippen MR) is 47.5 cm³/mol. The average molecular weight is 284 g/mol. The Bertz CT molecular complexity index is 279. The Balaban J connectivity index is 4.10. The Morgan fingerprint density at radius 2 is 1.61 bits per heavy atom. The fourth-order valence-electron chi connectivity index (χ4n) is 0.799. The number of amides is 1. The Labute approximate surface area is 97.7 Å². The van der Waals surface area contributed by atoms with Gasteiger partial charge in [-0.1, -0.05) is 0 Å². The molecule has 0 bridgehead atoms. The third kappa shape index (κ3) is 6.62. The molecular weight excluding hydrogens is 273 g/mol. The standard InChI is InChI=1S/C8H11F7N2O/c1-4(5(18)17-3-8(13,14)15)16-2-7(11,12)6(9)10/h4,6,16H,2-3H2,1H3,(H,17,18). The van der Waals surface area contributed by atoms with Crippen molar-refractivity contribution in [1.82, 2.24) is 10.6 Å². The Morgan fingerprint density at radius 3 is 2.00 bits per heavy atom. The van der Waals surface area contributed by atoms with Crippen LogP contribution >= 0.6 is 0 Å². The van der Waals surface area contributed by atoms with Crippen LogP contribution in [0.15, 0.2) is 0 Å². The molecule has 108 valence electrons. The Morgan fingerprint density at radius 1 is 1.11 bits per heavy atom. The lowest BCUT2D eigenvalue weighted by Gasteiger charge is -2.19. The summed E-state index contributed by atoms with van der Waals surface area (Å²) in [6.07, 6.45) is -8.56. The van der Waals surface area contributed by atoms with Crippen molar-refractivity contribution in [3.8, 4) is 0 Å². The molecule has 0 fully saturated rings. The first-order valence-electron chi connectivity index (χ1n) is 4.69. The minimum Gasteiger partial charge on any atom is -0.346 e. The molecule has 0 aliphatic heterocycles. The van der Waals surface area contributed by atoms with Crippen molar-refractivity contribution in [2.24, 2.45) is 0 Å². The molecule has 0 aromatic rings. The maximum atomic E-state index is 12.4. The van der Waals surface area contributed by atoms with Gasteiger partial charge in [-0.15, -0.1) is 0 Å². The van der Waals surface area contributed by atoms with E-state index in [-0.39, 0.29) is 0 Å². The van der Waals surface area contributed by atoms with E-state index in [9.17, 15) is 35.5 Å². The molecule has 18 heavy (non-hydrogen) atoms. The molecule has 1 unspecified atom stereocenters. The van der Waals surface area contributed by atoms with E-state index >= 15 is 0 Å². The van der Waals surface area contributed by atoms with Crippen LogP contribution in [-0.2, 0) is 4.79 Å². The molecule has 1 atom stereocenters. The van der Waals surface area contributed by atoms with Crippen molar-refractivity contribution in [3.05, 3.63) is 0 Å². The maximum absolute atomic E-state index is 12.4. The molecule has 0 aromatic carbocycles. The molecule has 0 heterocycles. The topological polar surface area (TPSA) is 41.1 Å². The van der Waals surface area contributed by atoms with Crippen LogP contribution in [0, 0.1) is 0 Å². The molecular formula is C8H11F7N2O. The van der Waals surface area contributed by atoms with E-state index < -0.39 is 43.6 Å². The highest BCUT2D eigenvalue weighted by Crippen LogP contribution is 2.21. The summed E-state index contributed by atoms with van der Waals surface area (Å²) in [6, 6.07) is -1.45. The van der Waals surface area contributed by atoms with Gasteiger partial charge < -0.3 is 10.6 Å². The molecule has 3 nitrogen and oxygen atoms in total. The van der Waals surface area contributed by atoms with Gasteiger partial charge in [0.1, 0.15) is 6.54 Å². The zero-order valence-electron chi connectivity index (χ0n) is 9.12. The summed E-state index contributed by atoms with van der Waals surface area (Å²) in [6.45, 7) is -2.15. The van der Waals surface area contributed by atoms with Gasteiger partial charge in [-0.05, 0) is 6.92 Å². The number of alkyl halides is 7. The van der Waals surface area contributed by atoms with Crippen molar-refractivity contribution < 1.29 is 35.5 Å². The largest absolute Gasteiger partial charge is 0.405 e. The van der Waals surface area contributed by atoms with Gasteiger partial charge in [0.2, 0.25) is 5.91 Å². The van der Waals surface area contributed by atoms with E-state index in [0.29, 0.717) is 0 Å². The predicted octanol–water partition coefficient (Wildman–Crippen LogP) is 1.54. The fourth-order valence-corrected chi connectivity index (χ4v) is 0.799. The summed E-state index contributed by atoms with van der Waals surface area (Å²) in [5.41, 5.74) is 0. The molecule has 10 heteroatoms. The summed E-state index contributed by atoms with van der Waals surface area (Å²) in [5, 5.41) is 3.16. The summed E-state index contributed by atoms with van der Waals surface area (Å²) in [4.78, 5) is 11.0. The molecule has 0 spiro atoms. The molecule has 0 radical (unpaired) electrons. The van der Waals surface area contributed by atoms with E-state index in [1.165, 1.54) is 5.32 Å². The Hall–Kier alpha value is -1.06. The van der Waals surface area contributed by atoms with E-state index in [1.807, 2.05) is 0 Å². The lowest BCUT2D eigenvalue weighted by atomic mass is 10.2. The van der Waals surface area contributed by atoms with Crippen LogP contribution in [0.4, 0.5) is 30.7 Å². The lowest BCUT2D eigenvalue weighted by molar-refractivity contribution is -0.141. The molecule has 0 aromatic heterocycles. The van der Waals surface area contributed by atoms with Crippen molar-refractivity contribution in [1.29, 1.82) is 0 Å². The second-order valence-electron chi connectivity index (χ2n) is 3.50. The summed E-state index contributed by atoms with van der Waals surface area (Å²) in [7, 11) is 0. The van der Waals surface area contributed by atoms with Crippen LogP contribution in [0.1, 0.15) is 6.92 Å². The van der Waals surface area contributed by atoms with Crippen LogP contribution in [0.2, 0.25) is 0 Å². The molecule has 0 saturated carbocycles. The number of rotatable bonds is 6. The van der Waals surface area contributed by atoms with Gasteiger partial charge in [0.15, 0.2) is 0 Å². The van der Waals surface area contributed by atoms with Gasteiger partial charge in [0.05, 0.1) is 12.6 Å². The monoisotopic (exact) mass is 284 g/mol. The van der Waals surface area contributed by atoms with Gasteiger partial charge in [0, 0.05) is 0 Å². The highest BCUT2D eigenvalue weighted by Gasteiger charge is 2.41. The van der Waals surface area contributed by atoms with Crippen LogP contribution < -0.4 is 10.6 Å². The van der Waals surface area contributed by atoms with Crippen molar-refractivity contribution in [3.63, 3.8) is 0 Å². The summed E-state index contributed by atoms with van der Waals surface area (Å²) in [5.74, 6) is -5.56. The average Bonchev–Trinajstić information content (AvgIpc) is 2.21. The molecule has 0 saturated heterocycles. The van der Waals surface area contributed by atoms with Crippen molar-refractivity contribution in [2.75, 3.05) is 13.1 Å². The fraction of sp³-hybridized carbons (Fsp3) is 0.875. The molecule has 1 amide bonds. The number of carbonyl (C=O) groups excluding carboxylic acids is 1. The lowest BCUT2D eigenvalue weighted by Crippen LogP contribution is -2.49. The van der Waals surface area contributed by atoms with Crippen molar-refractivity contribution in [2.45, 2.75) is 31.5 Å². The normalized spacial score (nSPS) is 14.7. The third-order valence-corrected chi connectivity index (χ3v) is 1.82. The highest BCUT2D eigenvalue weighted by molar-refractivity contribution is 5.81. The van der Waals surface area contributed by atoms with Gasteiger partial charge in [-0.2, -0.15) is 22.0 Å². The number of nitrogens with one attached hydrogen (secondary N) is 2. The summed E-state index contributed by atoms with van der Waals surface area (Å²) < 4.78 is 83.4. The number of carbonyl (C=O) groups is 1. The van der Waals surface area contributed by atoms with Gasteiger partial charge in [-0.3, -0.25) is 4.79 Å². The van der Waals surface area contributed by atoms with Gasteiger partial charge >= 0.3 is 18.5 Å². The maximum Gasteiger partial charge on any atom is 0.405 e. The van der Waals surface area contributed by atoms with E-state index in [2.05, 4.69) is 0 Å². The number of hydrogen-bond acceptors (Lipinski definition) is 2. The smallest absolute Gasteiger partial charge is 0.346 e.